The molecule has 0 atom stereocenters. The van der Waals surface area contributed by atoms with Crippen molar-refractivity contribution < 1.29 is 33.3 Å². The predicted octanol–water partition coefficient (Wildman–Crippen LogP) is 3.30. The molecule has 2 aromatic rings. The average molecular weight is 421 g/mol. The van der Waals surface area contributed by atoms with Crippen LogP contribution in [0.4, 0.5) is 5.00 Å². The quantitative estimate of drug-likeness (QED) is 0.620. The van der Waals surface area contributed by atoms with Gasteiger partial charge in [-0.25, -0.2) is 9.59 Å². The van der Waals surface area contributed by atoms with Gasteiger partial charge in [0.2, 0.25) is 0 Å². The molecule has 1 aromatic carbocycles. The molecule has 0 saturated carbocycles. The molecule has 0 aliphatic heterocycles. The van der Waals surface area contributed by atoms with Crippen LogP contribution in [0.15, 0.2) is 24.3 Å². The highest BCUT2D eigenvalue weighted by Gasteiger charge is 2.19. The highest BCUT2D eigenvalue weighted by molar-refractivity contribution is 7.16. The fourth-order valence-corrected chi connectivity index (χ4v) is 3.41. The van der Waals surface area contributed by atoms with Crippen LogP contribution in [-0.4, -0.2) is 45.3 Å². The first-order valence-corrected chi connectivity index (χ1v) is 9.73. The van der Waals surface area contributed by atoms with Crippen molar-refractivity contribution >= 4 is 34.2 Å². The van der Waals surface area contributed by atoms with Gasteiger partial charge in [-0.05, 0) is 37.6 Å². The highest BCUT2D eigenvalue weighted by Crippen LogP contribution is 2.30. The van der Waals surface area contributed by atoms with Gasteiger partial charge >= 0.3 is 11.9 Å². The molecule has 0 unspecified atom stereocenters. The molecule has 1 amide bonds. The Labute approximate surface area is 172 Å². The zero-order valence-corrected chi connectivity index (χ0v) is 17.5. The summed E-state index contributed by atoms with van der Waals surface area (Å²) < 4.78 is 20.4. The SMILES string of the molecule is CCOC(=O)c1cc(CC)sc1NC(=O)COc1ccc(C(=O)OC)cc1OC. The maximum atomic E-state index is 12.3. The molecule has 156 valence electrons. The van der Waals surface area contributed by atoms with Gasteiger partial charge in [0, 0.05) is 4.88 Å². The molecule has 0 saturated heterocycles. The summed E-state index contributed by atoms with van der Waals surface area (Å²) in [4.78, 5) is 37.0. The number of hydrogen-bond donors (Lipinski definition) is 1. The number of rotatable bonds is 9. The Kier molecular flexibility index (Phi) is 8.02. The van der Waals surface area contributed by atoms with Gasteiger partial charge in [-0.2, -0.15) is 0 Å². The number of benzene rings is 1. The fraction of sp³-hybridized carbons (Fsp3) is 0.350. The Morgan fingerprint density at radius 1 is 1.03 bits per heavy atom. The van der Waals surface area contributed by atoms with Crippen LogP contribution in [0.3, 0.4) is 0 Å². The van der Waals surface area contributed by atoms with Crippen molar-refractivity contribution in [3.8, 4) is 11.5 Å². The molecule has 1 heterocycles. The summed E-state index contributed by atoms with van der Waals surface area (Å²) in [6.45, 7) is 3.61. The second-order valence-corrected chi connectivity index (χ2v) is 6.86. The van der Waals surface area contributed by atoms with Gasteiger partial charge in [-0.15, -0.1) is 11.3 Å². The first-order chi connectivity index (χ1) is 13.9. The number of esters is 2. The first kappa shape index (κ1) is 22.2. The Morgan fingerprint density at radius 2 is 1.79 bits per heavy atom. The number of carbonyl (C=O) groups excluding carboxylic acids is 3. The topological polar surface area (TPSA) is 100 Å². The van der Waals surface area contributed by atoms with Crippen molar-refractivity contribution in [1.29, 1.82) is 0 Å². The van der Waals surface area contributed by atoms with Crippen LogP contribution in [0.1, 0.15) is 39.4 Å². The minimum absolute atomic E-state index is 0.244. The molecule has 9 heteroatoms. The van der Waals surface area contributed by atoms with Gasteiger partial charge in [-0.3, -0.25) is 4.79 Å². The molecule has 29 heavy (non-hydrogen) atoms. The van der Waals surface area contributed by atoms with Gasteiger partial charge < -0.3 is 24.3 Å². The molecule has 8 nitrogen and oxygen atoms in total. The second-order valence-electron chi connectivity index (χ2n) is 5.72. The van der Waals surface area contributed by atoms with Gasteiger partial charge in [0.15, 0.2) is 18.1 Å². The zero-order chi connectivity index (χ0) is 21.4. The van der Waals surface area contributed by atoms with E-state index in [1.807, 2.05) is 6.92 Å². The summed E-state index contributed by atoms with van der Waals surface area (Å²) in [5.74, 6) is -0.860. The van der Waals surface area contributed by atoms with E-state index in [0.29, 0.717) is 21.9 Å². The Morgan fingerprint density at radius 3 is 2.41 bits per heavy atom. The van der Waals surface area contributed by atoms with Crippen LogP contribution in [0.5, 0.6) is 11.5 Å². The third kappa shape index (κ3) is 5.71. The van der Waals surface area contributed by atoms with Crippen LogP contribution >= 0.6 is 11.3 Å². The molecule has 2 rings (SSSR count). The van der Waals surface area contributed by atoms with Crippen LogP contribution < -0.4 is 14.8 Å². The number of hydrogen-bond acceptors (Lipinski definition) is 8. The number of methoxy groups -OCH3 is 2. The van der Waals surface area contributed by atoms with Gasteiger partial charge in [0.1, 0.15) is 5.00 Å². The summed E-state index contributed by atoms with van der Waals surface area (Å²) in [6.07, 6.45) is 0.729. The zero-order valence-electron chi connectivity index (χ0n) is 16.7. The lowest BCUT2D eigenvalue weighted by Gasteiger charge is -2.12. The largest absolute Gasteiger partial charge is 0.493 e. The van der Waals surface area contributed by atoms with Crippen molar-refractivity contribution in [3.05, 3.63) is 40.3 Å². The van der Waals surface area contributed by atoms with E-state index in [0.717, 1.165) is 11.3 Å². The summed E-state index contributed by atoms with van der Waals surface area (Å²) >= 11 is 1.31. The van der Waals surface area contributed by atoms with E-state index >= 15 is 0 Å². The van der Waals surface area contributed by atoms with E-state index in [2.05, 4.69) is 10.1 Å². The molecule has 0 bridgehead atoms. The maximum Gasteiger partial charge on any atom is 0.341 e. The van der Waals surface area contributed by atoms with E-state index < -0.39 is 17.8 Å². The predicted molar refractivity (Wildman–Crippen MR) is 108 cm³/mol. The lowest BCUT2D eigenvalue weighted by Crippen LogP contribution is -2.21. The van der Waals surface area contributed by atoms with E-state index in [9.17, 15) is 14.4 Å². The first-order valence-electron chi connectivity index (χ1n) is 8.92. The summed E-state index contributed by atoms with van der Waals surface area (Å²) in [7, 11) is 2.70. The minimum Gasteiger partial charge on any atom is -0.493 e. The van der Waals surface area contributed by atoms with Crippen LogP contribution in [0.2, 0.25) is 0 Å². The number of anilines is 1. The molecule has 0 radical (unpaired) electrons. The summed E-state index contributed by atoms with van der Waals surface area (Å²) in [6, 6.07) is 6.20. The normalized spacial score (nSPS) is 10.2. The van der Waals surface area contributed by atoms with Crippen molar-refractivity contribution in [2.45, 2.75) is 20.3 Å². The number of ether oxygens (including phenoxy) is 4. The number of amides is 1. The number of nitrogens with one attached hydrogen (secondary N) is 1. The monoisotopic (exact) mass is 421 g/mol. The van der Waals surface area contributed by atoms with E-state index in [1.165, 1.54) is 43.8 Å². The molecular weight excluding hydrogens is 398 g/mol. The van der Waals surface area contributed by atoms with Crippen LogP contribution in [0.25, 0.3) is 0 Å². The second kappa shape index (κ2) is 10.5. The van der Waals surface area contributed by atoms with Crippen molar-refractivity contribution in [2.75, 3.05) is 32.8 Å². The number of aryl methyl sites for hydroxylation is 1. The molecule has 0 spiro atoms. The smallest absolute Gasteiger partial charge is 0.341 e. The van der Waals surface area contributed by atoms with Gasteiger partial charge in [0.25, 0.3) is 5.91 Å². The Bertz CT molecular complexity index is 891. The Balaban J connectivity index is 2.08. The average Bonchev–Trinajstić information content (AvgIpc) is 3.14. The third-order valence-corrected chi connectivity index (χ3v) is 5.02. The maximum absolute atomic E-state index is 12.3. The van der Waals surface area contributed by atoms with Gasteiger partial charge in [0.05, 0.1) is 32.0 Å². The molecular formula is C20H23NO7S. The standard InChI is InChI=1S/C20H23NO7S/c1-5-13-10-14(20(24)27-6-2)18(29-13)21-17(22)11-28-15-8-7-12(19(23)26-4)9-16(15)25-3/h7-10H,5-6,11H2,1-4H3,(H,21,22). The molecule has 0 aliphatic rings. The molecule has 1 N–H and O–H groups in total. The number of thiophene rings is 1. The summed E-state index contributed by atoms with van der Waals surface area (Å²) in [5, 5.41) is 3.11. The van der Waals surface area contributed by atoms with Crippen molar-refractivity contribution in [1.82, 2.24) is 0 Å². The van der Waals surface area contributed by atoms with E-state index in [4.69, 9.17) is 14.2 Å². The Hall–Kier alpha value is -3.07. The molecule has 0 fully saturated rings. The van der Waals surface area contributed by atoms with E-state index in [-0.39, 0.29) is 19.0 Å². The van der Waals surface area contributed by atoms with E-state index in [1.54, 1.807) is 13.0 Å². The highest BCUT2D eigenvalue weighted by atomic mass is 32.1. The molecule has 1 aromatic heterocycles. The molecule has 0 aliphatic carbocycles. The lowest BCUT2D eigenvalue weighted by atomic mass is 10.2. The van der Waals surface area contributed by atoms with Gasteiger partial charge in [-0.1, -0.05) is 6.92 Å². The number of carbonyl (C=O) groups is 3. The fourth-order valence-electron chi connectivity index (χ4n) is 2.41. The van der Waals surface area contributed by atoms with Crippen LogP contribution in [-0.2, 0) is 20.7 Å². The minimum atomic E-state index is -0.511. The van der Waals surface area contributed by atoms with Crippen molar-refractivity contribution in [2.24, 2.45) is 0 Å². The third-order valence-electron chi connectivity index (χ3n) is 3.82. The summed E-state index contributed by atoms with van der Waals surface area (Å²) in [5.41, 5.74) is 0.618. The van der Waals surface area contributed by atoms with Crippen LogP contribution in [0, 0.1) is 0 Å². The van der Waals surface area contributed by atoms with Crippen molar-refractivity contribution in [3.63, 3.8) is 0 Å². The lowest BCUT2D eigenvalue weighted by molar-refractivity contribution is -0.118.